The highest BCUT2D eigenvalue weighted by molar-refractivity contribution is 6.11. The van der Waals surface area contributed by atoms with Crippen molar-refractivity contribution in [2.75, 3.05) is 12.0 Å². The first kappa shape index (κ1) is 13.4. The van der Waals surface area contributed by atoms with E-state index in [1.54, 1.807) is 12.1 Å². The third-order valence-electron chi connectivity index (χ3n) is 3.69. The van der Waals surface area contributed by atoms with E-state index in [0.717, 1.165) is 11.3 Å². The molecule has 1 aliphatic heterocycles. The van der Waals surface area contributed by atoms with Gasteiger partial charge in [0.1, 0.15) is 6.04 Å². The summed E-state index contributed by atoms with van der Waals surface area (Å²) in [6.07, 6.45) is 0.488. The second-order valence-corrected chi connectivity index (χ2v) is 4.91. The lowest BCUT2D eigenvalue weighted by Crippen LogP contribution is -2.43. The summed E-state index contributed by atoms with van der Waals surface area (Å²) in [5, 5.41) is 0. The van der Waals surface area contributed by atoms with E-state index < -0.39 is 12.0 Å². The van der Waals surface area contributed by atoms with Gasteiger partial charge in [0, 0.05) is 17.7 Å². The van der Waals surface area contributed by atoms with E-state index in [1.165, 1.54) is 12.0 Å². The summed E-state index contributed by atoms with van der Waals surface area (Å²) in [5.74, 6) is -0.577. The number of fused-ring (bicyclic) bond motifs is 1. The van der Waals surface area contributed by atoms with Crippen LogP contribution in [0.5, 0.6) is 0 Å². The van der Waals surface area contributed by atoms with Gasteiger partial charge in [0.2, 0.25) is 0 Å². The van der Waals surface area contributed by atoms with Crippen molar-refractivity contribution in [1.82, 2.24) is 0 Å². The quantitative estimate of drug-likeness (QED) is 0.794. The molecule has 0 saturated heterocycles. The van der Waals surface area contributed by atoms with Crippen LogP contribution in [0.3, 0.4) is 0 Å². The molecule has 21 heavy (non-hydrogen) atoms. The maximum absolute atomic E-state index is 12.8. The van der Waals surface area contributed by atoms with Gasteiger partial charge in [-0.1, -0.05) is 36.4 Å². The number of esters is 1. The van der Waals surface area contributed by atoms with Gasteiger partial charge in [-0.15, -0.1) is 0 Å². The minimum Gasteiger partial charge on any atom is -0.467 e. The topological polar surface area (TPSA) is 46.6 Å². The van der Waals surface area contributed by atoms with Crippen LogP contribution in [0.4, 0.5) is 5.69 Å². The zero-order valence-corrected chi connectivity index (χ0v) is 11.7. The molecule has 0 fully saturated rings. The Balaban J connectivity index is 2.03. The summed E-state index contributed by atoms with van der Waals surface area (Å²) >= 11 is 0. The number of ether oxygens (including phenoxy) is 1. The average Bonchev–Trinajstić information content (AvgIpc) is 2.93. The van der Waals surface area contributed by atoms with Crippen LogP contribution in [0.1, 0.15) is 15.9 Å². The van der Waals surface area contributed by atoms with Crippen molar-refractivity contribution in [1.29, 1.82) is 0 Å². The lowest BCUT2D eigenvalue weighted by Gasteiger charge is -2.23. The van der Waals surface area contributed by atoms with Crippen LogP contribution in [0.15, 0.2) is 54.6 Å². The van der Waals surface area contributed by atoms with Gasteiger partial charge in [0.15, 0.2) is 0 Å². The van der Waals surface area contributed by atoms with E-state index in [9.17, 15) is 9.59 Å². The van der Waals surface area contributed by atoms with Crippen LogP contribution in [0, 0.1) is 0 Å². The maximum atomic E-state index is 12.8. The molecular weight excluding hydrogens is 266 g/mol. The number of para-hydroxylation sites is 1. The largest absolute Gasteiger partial charge is 0.467 e. The van der Waals surface area contributed by atoms with Crippen LogP contribution in [0.2, 0.25) is 0 Å². The van der Waals surface area contributed by atoms with E-state index in [4.69, 9.17) is 4.74 Å². The monoisotopic (exact) mass is 281 g/mol. The Morgan fingerprint density at radius 3 is 2.43 bits per heavy atom. The Hall–Kier alpha value is -2.62. The van der Waals surface area contributed by atoms with Gasteiger partial charge < -0.3 is 4.74 Å². The highest BCUT2D eigenvalue weighted by atomic mass is 16.5. The molecule has 0 aromatic heterocycles. The second-order valence-electron chi connectivity index (χ2n) is 4.91. The first-order valence-electron chi connectivity index (χ1n) is 6.76. The molecule has 2 aromatic rings. The standard InChI is InChI=1S/C17H15NO3/c1-21-17(20)15-11-13-9-5-6-10-14(13)18(15)16(19)12-7-3-2-4-8-12/h2-10,15H,11H2,1H3/t15-/m1/s1. The number of amides is 1. The zero-order valence-electron chi connectivity index (χ0n) is 11.7. The normalized spacial score (nSPS) is 16.4. The first-order valence-corrected chi connectivity index (χ1v) is 6.76. The number of anilines is 1. The molecule has 1 aliphatic rings. The van der Waals surface area contributed by atoms with Gasteiger partial charge in [-0.3, -0.25) is 9.69 Å². The lowest BCUT2D eigenvalue weighted by molar-refractivity contribution is -0.141. The molecule has 1 amide bonds. The molecule has 0 N–H and O–H groups in total. The average molecular weight is 281 g/mol. The number of methoxy groups -OCH3 is 1. The van der Waals surface area contributed by atoms with Crippen molar-refractivity contribution in [3.8, 4) is 0 Å². The molecule has 0 bridgehead atoms. The maximum Gasteiger partial charge on any atom is 0.329 e. The summed E-state index contributed by atoms with van der Waals surface area (Å²) in [5.41, 5.74) is 2.32. The van der Waals surface area contributed by atoms with E-state index in [-0.39, 0.29) is 5.91 Å². The number of hydrogen-bond donors (Lipinski definition) is 0. The van der Waals surface area contributed by atoms with Gasteiger partial charge in [-0.25, -0.2) is 4.79 Å². The molecule has 106 valence electrons. The van der Waals surface area contributed by atoms with Crippen molar-refractivity contribution in [2.24, 2.45) is 0 Å². The summed E-state index contributed by atoms with van der Waals surface area (Å²) in [4.78, 5) is 26.3. The summed E-state index contributed by atoms with van der Waals surface area (Å²) in [6.45, 7) is 0. The van der Waals surface area contributed by atoms with Crippen LogP contribution in [0.25, 0.3) is 0 Å². The van der Waals surface area contributed by atoms with E-state index in [1.807, 2.05) is 42.5 Å². The highest BCUT2D eigenvalue weighted by Gasteiger charge is 2.39. The van der Waals surface area contributed by atoms with Crippen molar-refractivity contribution in [3.63, 3.8) is 0 Å². The number of carbonyl (C=O) groups is 2. The van der Waals surface area contributed by atoms with Crippen LogP contribution < -0.4 is 4.90 Å². The Bertz CT molecular complexity index is 681. The Labute approximate surface area is 123 Å². The lowest BCUT2D eigenvalue weighted by atomic mass is 10.1. The number of nitrogens with zero attached hydrogens (tertiary/aromatic N) is 1. The number of carbonyl (C=O) groups excluding carboxylic acids is 2. The van der Waals surface area contributed by atoms with E-state index >= 15 is 0 Å². The van der Waals surface area contributed by atoms with Crippen LogP contribution >= 0.6 is 0 Å². The molecule has 3 rings (SSSR count). The van der Waals surface area contributed by atoms with Gasteiger partial charge in [0.05, 0.1) is 7.11 Å². The van der Waals surface area contributed by atoms with Gasteiger partial charge >= 0.3 is 5.97 Å². The zero-order chi connectivity index (χ0) is 14.8. The predicted molar refractivity (Wildman–Crippen MR) is 79.2 cm³/mol. The third kappa shape index (κ3) is 2.29. The Morgan fingerprint density at radius 1 is 1.05 bits per heavy atom. The fourth-order valence-electron chi connectivity index (χ4n) is 2.68. The van der Waals surface area contributed by atoms with E-state index in [2.05, 4.69) is 0 Å². The van der Waals surface area contributed by atoms with Crippen molar-refractivity contribution < 1.29 is 14.3 Å². The number of benzene rings is 2. The molecule has 4 heteroatoms. The van der Waals surface area contributed by atoms with Crippen molar-refractivity contribution in [2.45, 2.75) is 12.5 Å². The smallest absolute Gasteiger partial charge is 0.329 e. The second kappa shape index (κ2) is 5.40. The van der Waals surface area contributed by atoms with Crippen LogP contribution in [-0.4, -0.2) is 25.0 Å². The number of rotatable bonds is 2. The molecule has 1 atom stereocenters. The number of hydrogen-bond acceptors (Lipinski definition) is 3. The van der Waals surface area contributed by atoms with E-state index in [0.29, 0.717) is 12.0 Å². The molecule has 0 radical (unpaired) electrons. The van der Waals surface area contributed by atoms with Crippen LogP contribution in [-0.2, 0) is 16.0 Å². The summed E-state index contributed by atoms with van der Waals surface area (Å²) in [6, 6.07) is 15.9. The molecular formula is C17H15NO3. The summed E-state index contributed by atoms with van der Waals surface area (Å²) in [7, 11) is 1.34. The molecule has 0 unspecified atom stereocenters. The molecule has 0 saturated carbocycles. The highest BCUT2D eigenvalue weighted by Crippen LogP contribution is 2.33. The fraction of sp³-hybridized carbons (Fsp3) is 0.176. The first-order chi connectivity index (χ1) is 10.2. The fourth-order valence-corrected chi connectivity index (χ4v) is 2.68. The molecule has 4 nitrogen and oxygen atoms in total. The molecule has 0 aliphatic carbocycles. The minimum atomic E-state index is -0.597. The molecule has 0 spiro atoms. The predicted octanol–water partition coefficient (Wildman–Crippen LogP) is 2.43. The SMILES string of the molecule is COC(=O)[C@H]1Cc2ccccc2N1C(=O)c1ccccc1. The van der Waals surface area contributed by atoms with Gasteiger partial charge in [0.25, 0.3) is 5.91 Å². The van der Waals surface area contributed by atoms with Gasteiger partial charge in [-0.2, -0.15) is 0 Å². The molecule has 1 heterocycles. The Kier molecular flexibility index (Phi) is 3.44. The van der Waals surface area contributed by atoms with Gasteiger partial charge in [-0.05, 0) is 23.8 Å². The van der Waals surface area contributed by atoms with Crippen molar-refractivity contribution in [3.05, 3.63) is 65.7 Å². The molecule has 2 aromatic carbocycles. The van der Waals surface area contributed by atoms with Crippen molar-refractivity contribution >= 4 is 17.6 Å². The minimum absolute atomic E-state index is 0.184. The summed E-state index contributed by atoms with van der Waals surface area (Å²) < 4.78 is 4.85. The third-order valence-corrected chi connectivity index (χ3v) is 3.69. The Morgan fingerprint density at radius 2 is 1.71 bits per heavy atom.